The number of carbonyl (C=O) groups excluding carboxylic acids is 2. The number of nitrogens with zero attached hydrogens (tertiary/aromatic N) is 2. The maximum atomic E-state index is 12.0. The molecule has 0 aromatic rings. The van der Waals surface area contributed by atoms with Crippen LogP contribution >= 0.6 is 0 Å². The van der Waals surface area contributed by atoms with Gasteiger partial charge in [-0.1, -0.05) is 0 Å². The number of urea groups is 1. The van der Waals surface area contributed by atoms with Crippen LogP contribution in [0, 0.1) is 0 Å². The molecule has 19 heavy (non-hydrogen) atoms. The first-order chi connectivity index (χ1) is 8.82. The fraction of sp³-hybridized carbons (Fsp3) is 0.846. The molecule has 1 heterocycles. The lowest BCUT2D eigenvalue weighted by molar-refractivity contribution is -0.151. The molecule has 0 aliphatic carbocycles. The van der Waals surface area contributed by atoms with E-state index in [1.807, 2.05) is 13.8 Å². The van der Waals surface area contributed by atoms with Crippen molar-refractivity contribution in [3.63, 3.8) is 0 Å². The lowest BCUT2D eigenvalue weighted by Crippen LogP contribution is -2.61. The topological polar surface area (TPSA) is 61.9 Å². The Bertz CT molecular complexity index is 334. The Kier molecular flexibility index (Phi) is 5.17. The van der Waals surface area contributed by atoms with Crippen molar-refractivity contribution < 1.29 is 14.3 Å². The summed E-state index contributed by atoms with van der Waals surface area (Å²) in [6.07, 6.45) is 1.16. The van der Waals surface area contributed by atoms with Gasteiger partial charge in [-0.3, -0.25) is 10.1 Å². The molecule has 1 aliphatic heterocycles. The van der Waals surface area contributed by atoms with E-state index in [4.69, 9.17) is 4.74 Å². The van der Waals surface area contributed by atoms with E-state index in [0.29, 0.717) is 25.9 Å². The van der Waals surface area contributed by atoms with Crippen LogP contribution in [0.2, 0.25) is 0 Å². The highest BCUT2D eigenvalue weighted by atomic mass is 16.5. The van der Waals surface area contributed by atoms with Gasteiger partial charge in [-0.25, -0.2) is 4.79 Å². The summed E-state index contributed by atoms with van der Waals surface area (Å²) < 4.78 is 4.92. The van der Waals surface area contributed by atoms with E-state index >= 15 is 0 Å². The second-order valence-corrected chi connectivity index (χ2v) is 5.54. The van der Waals surface area contributed by atoms with Crippen LogP contribution in [-0.2, 0) is 9.53 Å². The van der Waals surface area contributed by atoms with Gasteiger partial charge in [0, 0.05) is 33.2 Å². The summed E-state index contributed by atoms with van der Waals surface area (Å²) in [6.45, 7) is 5.13. The SMILES string of the molecule is COC(=O)C1(NC(C)C)CCN(C(=O)N(C)C)CC1. The summed E-state index contributed by atoms with van der Waals surface area (Å²) in [5, 5.41) is 3.31. The quantitative estimate of drug-likeness (QED) is 0.767. The van der Waals surface area contributed by atoms with Crippen LogP contribution in [0.1, 0.15) is 26.7 Å². The minimum absolute atomic E-state index is 0.0111. The van der Waals surface area contributed by atoms with Crippen molar-refractivity contribution in [3.8, 4) is 0 Å². The Labute approximate surface area is 115 Å². The molecule has 0 unspecified atom stereocenters. The second kappa shape index (κ2) is 6.23. The molecule has 1 fully saturated rings. The molecule has 6 heteroatoms. The van der Waals surface area contributed by atoms with Crippen LogP contribution in [0.25, 0.3) is 0 Å². The number of rotatable bonds is 3. The first-order valence-corrected chi connectivity index (χ1v) is 6.65. The number of likely N-dealkylation sites (tertiary alicyclic amines) is 1. The normalized spacial score (nSPS) is 18.3. The standard InChI is InChI=1S/C13H25N3O3/c1-10(2)14-13(11(17)19-5)6-8-16(9-7-13)12(18)15(3)4/h10,14H,6-9H2,1-5H3. The molecule has 0 radical (unpaired) electrons. The third-order valence-electron chi connectivity index (χ3n) is 3.41. The number of piperidine rings is 1. The summed E-state index contributed by atoms with van der Waals surface area (Å²) in [4.78, 5) is 27.2. The molecule has 0 bridgehead atoms. The van der Waals surface area contributed by atoms with Gasteiger partial charge in [-0.15, -0.1) is 0 Å². The smallest absolute Gasteiger partial charge is 0.326 e. The van der Waals surface area contributed by atoms with Crippen molar-refractivity contribution in [3.05, 3.63) is 0 Å². The van der Waals surface area contributed by atoms with Crippen LogP contribution < -0.4 is 5.32 Å². The van der Waals surface area contributed by atoms with Crippen molar-refractivity contribution in [1.29, 1.82) is 0 Å². The van der Waals surface area contributed by atoms with E-state index in [-0.39, 0.29) is 18.0 Å². The second-order valence-electron chi connectivity index (χ2n) is 5.54. The average molecular weight is 271 g/mol. The van der Waals surface area contributed by atoms with Gasteiger partial charge in [0.05, 0.1) is 7.11 Å². The highest BCUT2D eigenvalue weighted by molar-refractivity contribution is 5.82. The van der Waals surface area contributed by atoms with Crippen LogP contribution in [0.15, 0.2) is 0 Å². The molecule has 6 nitrogen and oxygen atoms in total. The number of hydrogen-bond acceptors (Lipinski definition) is 4. The summed E-state index contributed by atoms with van der Waals surface area (Å²) >= 11 is 0. The van der Waals surface area contributed by atoms with E-state index in [1.165, 1.54) is 7.11 Å². The third-order valence-corrected chi connectivity index (χ3v) is 3.41. The molecule has 110 valence electrons. The van der Waals surface area contributed by atoms with E-state index in [1.54, 1.807) is 23.9 Å². The van der Waals surface area contributed by atoms with E-state index < -0.39 is 5.54 Å². The molecule has 1 saturated heterocycles. The van der Waals surface area contributed by atoms with Gasteiger partial charge >= 0.3 is 12.0 Å². The number of methoxy groups -OCH3 is 1. The van der Waals surface area contributed by atoms with Crippen molar-refractivity contribution in [2.45, 2.75) is 38.3 Å². The molecule has 1 rings (SSSR count). The Hall–Kier alpha value is -1.30. The maximum Gasteiger partial charge on any atom is 0.326 e. The highest BCUT2D eigenvalue weighted by Crippen LogP contribution is 2.25. The fourth-order valence-electron chi connectivity index (χ4n) is 2.52. The summed E-state index contributed by atoms with van der Waals surface area (Å²) in [6, 6.07) is 0.179. The molecule has 1 N–H and O–H groups in total. The molecule has 0 atom stereocenters. The van der Waals surface area contributed by atoms with Crippen LogP contribution in [0.3, 0.4) is 0 Å². The molecular weight excluding hydrogens is 246 g/mol. The molecular formula is C13H25N3O3. The van der Waals surface area contributed by atoms with Crippen LogP contribution in [0.4, 0.5) is 4.79 Å². The molecule has 1 aliphatic rings. The maximum absolute atomic E-state index is 12.0. The van der Waals surface area contributed by atoms with Gasteiger partial charge in [0.15, 0.2) is 0 Å². The molecule has 0 saturated carbocycles. The van der Waals surface area contributed by atoms with E-state index in [2.05, 4.69) is 5.32 Å². The minimum atomic E-state index is -0.661. The van der Waals surface area contributed by atoms with Gasteiger partial charge in [-0.05, 0) is 26.7 Å². The lowest BCUT2D eigenvalue weighted by Gasteiger charge is -2.41. The molecule has 0 aromatic carbocycles. The Morgan fingerprint density at radius 1 is 1.26 bits per heavy atom. The van der Waals surface area contributed by atoms with Gasteiger partial charge in [0.2, 0.25) is 0 Å². The monoisotopic (exact) mass is 271 g/mol. The van der Waals surface area contributed by atoms with Crippen molar-refractivity contribution in [1.82, 2.24) is 15.1 Å². The highest BCUT2D eigenvalue weighted by Gasteiger charge is 2.43. The molecule has 0 spiro atoms. The van der Waals surface area contributed by atoms with Gasteiger partial charge < -0.3 is 14.5 Å². The fourth-order valence-corrected chi connectivity index (χ4v) is 2.52. The van der Waals surface area contributed by atoms with Crippen molar-refractivity contribution in [2.75, 3.05) is 34.3 Å². The number of amides is 2. The van der Waals surface area contributed by atoms with Crippen molar-refractivity contribution >= 4 is 12.0 Å². The Morgan fingerprint density at radius 2 is 1.79 bits per heavy atom. The average Bonchev–Trinajstić information content (AvgIpc) is 2.36. The predicted molar refractivity (Wildman–Crippen MR) is 72.9 cm³/mol. The zero-order valence-corrected chi connectivity index (χ0v) is 12.5. The lowest BCUT2D eigenvalue weighted by atomic mass is 9.86. The molecule has 2 amide bonds. The third kappa shape index (κ3) is 3.59. The first kappa shape index (κ1) is 15.8. The number of esters is 1. The van der Waals surface area contributed by atoms with Crippen LogP contribution in [-0.4, -0.2) is 67.7 Å². The Morgan fingerprint density at radius 3 is 2.16 bits per heavy atom. The van der Waals surface area contributed by atoms with Gasteiger partial charge in [0.25, 0.3) is 0 Å². The number of nitrogens with one attached hydrogen (secondary N) is 1. The summed E-state index contributed by atoms with van der Waals surface area (Å²) in [5.41, 5.74) is -0.661. The van der Waals surface area contributed by atoms with Gasteiger partial charge in [-0.2, -0.15) is 0 Å². The number of hydrogen-bond donors (Lipinski definition) is 1. The van der Waals surface area contributed by atoms with Gasteiger partial charge in [0.1, 0.15) is 5.54 Å². The number of ether oxygens (including phenoxy) is 1. The number of carbonyl (C=O) groups is 2. The van der Waals surface area contributed by atoms with E-state index in [9.17, 15) is 9.59 Å². The zero-order chi connectivity index (χ0) is 14.6. The van der Waals surface area contributed by atoms with E-state index in [0.717, 1.165) is 0 Å². The minimum Gasteiger partial charge on any atom is -0.468 e. The first-order valence-electron chi connectivity index (χ1n) is 6.65. The summed E-state index contributed by atoms with van der Waals surface area (Å²) in [7, 11) is 4.87. The van der Waals surface area contributed by atoms with Crippen LogP contribution in [0.5, 0.6) is 0 Å². The predicted octanol–water partition coefficient (Wildman–Crippen LogP) is 0.674. The summed E-state index contributed by atoms with van der Waals surface area (Å²) in [5.74, 6) is -0.238. The molecule has 0 aromatic heterocycles. The largest absolute Gasteiger partial charge is 0.468 e. The van der Waals surface area contributed by atoms with Crippen molar-refractivity contribution in [2.24, 2.45) is 0 Å². The zero-order valence-electron chi connectivity index (χ0n) is 12.5. The Balaban J connectivity index is 2.74.